The molecule has 98 valence electrons. The van der Waals surface area contributed by atoms with E-state index in [9.17, 15) is 9.59 Å². The summed E-state index contributed by atoms with van der Waals surface area (Å²) in [6.07, 6.45) is 0.643. The van der Waals surface area contributed by atoms with Crippen LogP contribution in [-0.2, 0) is 14.3 Å². The number of carbonyl (C=O) groups excluding carboxylic acids is 1. The van der Waals surface area contributed by atoms with Gasteiger partial charge in [-0.15, -0.1) is 0 Å². The normalized spacial score (nSPS) is 25.9. The van der Waals surface area contributed by atoms with Gasteiger partial charge >= 0.3 is 5.97 Å². The van der Waals surface area contributed by atoms with Crippen molar-refractivity contribution in [2.24, 2.45) is 17.8 Å². The predicted molar refractivity (Wildman–Crippen MR) is 62.5 cm³/mol. The third kappa shape index (κ3) is 3.70. The molecule has 1 aliphatic heterocycles. The van der Waals surface area contributed by atoms with Gasteiger partial charge in [0.25, 0.3) is 0 Å². The lowest BCUT2D eigenvalue weighted by Gasteiger charge is -2.19. The van der Waals surface area contributed by atoms with E-state index in [1.54, 1.807) is 0 Å². The molecular formula is C12H21NO4. The van der Waals surface area contributed by atoms with Crippen LogP contribution in [0, 0.1) is 17.8 Å². The van der Waals surface area contributed by atoms with Gasteiger partial charge in [-0.1, -0.05) is 13.8 Å². The minimum Gasteiger partial charge on any atom is -0.481 e. The lowest BCUT2D eigenvalue weighted by molar-refractivity contribution is -0.143. The van der Waals surface area contributed by atoms with E-state index in [4.69, 9.17) is 9.84 Å². The number of hydrogen-bond donors (Lipinski definition) is 2. The van der Waals surface area contributed by atoms with Gasteiger partial charge in [0.15, 0.2) is 0 Å². The van der Waals surface area contributed by atoms with Gasteiger partial charge < -0.3 is 15.2 Å². The van der Waals surface area contributed by atoms with Crippen molar-refractivity contribution >= 4 is 11.9 Å². The summed E-state index contributed by atoms with van der Waals surface area (Å²) in [5.41, 5.74) is 0. The van der Waals surface area contributed by atoms with E-state index in [0.717, 1.165) is 0 Å². The molecule has 1 aliphatic rings. The minimum absolute atomic E-state index is 0.00468. The third-order valence-electron chi connectivity index (χ3n) is 3.33. The lowest BCUT2D eigenvalue weighted by atomic mass is 9.95. The van der Waals surface area contributed by atoms with Crippen molar-refractivity contribution in [3.05, 3.63) is 0 Å². The second kappa shape index (κ2) is 6.00. The number of rotatable bonds is 5. The van der Waals surface area contributed by atoms with E-state index in [2.05, 4.69) is 5.32 Å². The Hall–Kier alpha value is -1.10. The van der Waals surface area contributed by atoms with Gasteiger partial charge in [0.1, 0.15) is 0 Å². The second-order valence-corrected chi connectivity index (χ2v) is 4.90. The van der Waals surface area contributed by atoms with Crippen molar-refractivity contribution in [3.8, 4) is 0 Å². The van der Waals surface area contributed by atoms with Crippen molar-refractivity contribution in [2.45, 2.75) is 33.3 Å². The maximum absolute atomic E-state index is 11.8. The van der Waals surface area contributed by atoms with E-state index < -0.39 is 11.9 Å². The fourth-order valence-corrected chi connectivity index (χ4v) is 2.03. The van der Waals surface area contributed by atoms with Crippen LogP contribution in [0.4, 0.5) is 0 Å². The topological polar surface area (TPSA) is 75.6 Å². The van der Waals surface area contributed by atoms with E-state index in [-0.39, 0.29) is 30.4 Å². The number of amides is 1. The maximum Gasteiger partial charge on any atom is 0.308 e. The molecule has 17 heavy (non-hydrogen) atoms. The van der Waals surface area contributed by atoms with E-state index in [0.29, 0.717) is 13.0 Å². The first kappa shape index (κ1) is 14.0. The van der Waals surface area contributed by atoms with Crippen molar-refractivity contribution in [3.63, 3.8) is 0 Å². The zero-order chi connectivity index (χ0) is 13.0. The number of carboxylic acids is 1. The average molecular weight is 243 g/mol. The van der Waals surface area contributed by atoms with Crippen molar-refractivity contribution in [2.75, 3.05) is 13.2 Å². The van der Waals surface area contributed by atoms with Gasteiger partial charge in [0, 0.05) is 13.2 Å². The van der Waals surface area contributed by atoms with Crippen LogP contribution >= 0.6 is 0 Å². The summed E-state index contributed by atoms with van der Waals surface area (Å²) in [5.74, 6) is -1.63. The van der Waals surface area contributed by atoms with Gasteiger partial charge in [0.05, 0.1) is 17.9 Å². The molecule has 0 aromatic heterocycles. The Balaban J connectivity index is 2.43. The Morgan fingerprint density at radius 3 is 2.53 bits per heavy atom. The highest BCUT2D eigenvalue weighted by Gasteiger charge is 2.31. The highest BCUT2D eigenvalue weighted by molar-refractivity contribution is 5.80. The van der Waals surface area contributed by atoms with Crippen molar-refractivity contribution in [1.29, 1.82) is 0 Å². The summed E-state index contributed by atoms with van der Waals surface area (Å²) in [6, 6.07) is 0. The molecule has 1 amide bonds. The molecule has 0 aliphatic carbocycles. The average Bonchev–Trinajstić information content (AvgIpc) is 2.63. The standard InChI is InChI=1S/C12H21NO4/c1-7(2)10(12(15)16)6-13-11(14)9-4-5-17-8(9)3/h7-10H,4-6H2,1-3H3,(H,13,14)(H,15,16). The Labute approximate surface area is 102 Å². The first-order valence-corrected chi connectivity index (χ1v) is 6.05. The number of carbonyl (C=O) groups is 2. The van der Waals surface area contributed by atoms with Crippen LogP contribution in [0.3, 0.4) is 0 Å². The molecule has 5 heteroatoms. The zero-order valence-electron chi connectivity index (χ0n) is 10.6. The smallest absolute Gasteiger partial charge is 0.308 e. The molecule has 3 atom stereocenters. The molecule has 1 heterocycles. The monoisotopic (exact) mass is 243 g/mol. The number of hydrogen-bond acceptors (Lipinski definition) is 3. The van der Waals surface area contributed by atoms with Crippen molar-refractivity contribution < 1.29 is 19.4 Å². The highest BCUT2D eigenvalue weighted by Crippen LogP contribution is 2.20. The summed E-state index contributed by atoms with van der Waals surface area (Å²) >= 11 is 0. The lowest BCUT2D eigenvalue weighted by Crippen LogP contribution is -2.40. The zero-order valence-corrected chi connectivity index (χ0v) is 10.6. The van der Waals surface area contributed by atoms with Crippen LogP contribution in [0.25, 0.3) is 0 Å². The van der Waals surface area contributed by atoms with Crippen LogP contribution in [-0.4, -0.2) is 36.2 Å². The van der Waals surface area contributed by atoms with Gasteiger partial charge in [-0.05, 0) is 19.3 Å². The Bertz CT molecular complexity index is 290. The Morgan fingerprint density at radius 1 is 1.47 bits per heavy atom. The number of carboxylic acid groups (broad SMARTS) is 1. The molecule has 0 bridgehead atoms. The molecule has 3 unspecified atom stereocenters. The van der Waals surface area contributed by atoms with Gasteiger partial charge in [-0.2, -0.15) is 0 Å². The van der Waals surface area contributed by atoms with Crippen LogP contribution in [0.5, 0.6) is 0 Å². The summed E-state index contributed by atoms with van der Waals surface area (Å²) in [5, 5.41) is 11.7. The molecule has 2 N–H and O–H groups in total. The fraction of sp³-hybridized carbons (Fsp3) is 0.833. The summed E-state index contributed by atoms with van der Waals surface area (Å²) in [4.78, 5) is 22.8. The van der Waals surface area contributed by atoms with Crippen LogP contribution < -0.4 is 5.32 Å². The molecule has 0 aromatic rings. The van der Waals surface area contributed by atoms with E-state index >= 15 is 0 Å². The molecule has 1 saturated heterocycles. The quantitative estimate of drug-likeness (QED) is 0.751. The first-order valence-electron chi connectivity index (χ1n) is 6.05. The van der Waals surface area contributed by atoms with Crippen LogP contribution in [0.1, 0.15) is 27.2 Å². The minimum atomic E-state index is -0.865. The Kier molecular flexibility index (Phi) is 4.93. The molecule has 5 nitrogen and oxygen atoms in total. The number of ether oxygens (including phenoxy) is 1. The summed E-state index contributed by atoms with van der Waals surface area (Å²) in [7, 11) is 0. The van der Waals surface area contributed by atoms with Crippen molar-refractivity contribution in [1.82, 2.24) is 5.32 Å². The molecule has 0 radical (unpaired) electrons. The molecule has 0 aromatic carbocycles. The van der Waals surface area contributed by atoms with Crippen LogP contribution in [0.15, 0.2) is 0 Å². The van der Waals surface area contributed by atoms with E-state index in [1.807, 2.05) is 20.8 Å². The molecule has 1 fully saturated rings. The van der Waals surface area contributed by atoms with Gasteiger partial charge in [-0.3, -0.25) is 9.59 Å². The number of nitrogens with one attached hydrogen (secondary N) is 1. The first-order chi connectivity index (χ1) is 7.93. The Morgan fingerprint density at radius 2 is 2.12 bits per heavy atom. The van der Waals surface area contributed by atoms with Crippen LogP contribution in [0.2, 0.25) is 0 Å². The summed E-state index contributed by atoms with van der Waals surface area (Å²) < 4.78 is 5.31. The van der Waals surface area contributed by atoms with E-state index in [1.165, 1.54) is 0 Å². The fourth-order valence-electron chi connectivity index (χ4n) is 2.03. The maximum atomic E-state index is 11.8. The highest BCUT2D eigenvalue weighted by atomic mass is 16.5. The van der Waals surface area contributed by atoms with Gasteiger partial charge in [0.2, 0.25) is 5.91 Å². The third-order valence-corrected chi connectivity index (χ3v) is 3.33. The van der Waals surface area contributed by atoms with Gasteiger partial charge in [-0.25, -0.2) is 0 Å². The molecular weight excluding hydrogens is 222 g/mol. The molecule has 0 saturated carbocycles. The SMILES string of the molecule is CC(C)C(CNC(=O)C1CCOC1C)C(=O)O. The molecule has 1 rings (SSSR count). The predicted octanol–water partition coefficient (Wildman–Crippen LogP) is 0.884. The largest absolute Gasteiger partial charge is 0.481 e. The molecule has 0 spiro atoms. The number of aliphatic carboxylic acids is 1. The summed E-state index contributed by atoms with van der Waals surface area (Å²) in [6.45, 7) is 6.34. The second-order valence-electron chi connectivity index (χ2n) is 4.90.